The summed E-state index contributed by atoms with van der Waals surface area (Å²) in [6, 6.07) is 4.40. The molecule has 0 saturated heterocycles. The van der Waals surface area contributed by atoms with Crippen molar-refractivity contribution in [2.45, 2.75) is 33.2 Å². The second-order valence-corrected chi connectivity index (χ2v) is 9.07. The van der Waals surface area contributed by atoms with E-state index in [2.05, 4.69) is 10.6 Å². The first-order valence-electron chi connectivity index (χ1n) is 8.78. The van der Waals surface area contributed by atoms with Crippen molar-refractivity contribution >= 4 is 64.1 Å². The van der Waals surface area contributed by atoms with Gasteiger partial charge in [0.15, 0.2) is 0 Å². The summed E-state index contributed by atoms with van der Waals surface area (Å²) in [5.41, 5.74) is 0.243. The third kappa shape index (κ3) is 5.93. The van der Waals surface area contributed by atoms with Crippen molar-refractivity contribution in [3.8, 4) is 0 Å². The van der Waals surface area contributed by atoms with Gasteiger partial charge in [-0.3, -0.25) is 10.1 Å². The topological polar surface area (TPSA) is 67.4 Å². The van der Waals surface area contributed by atoms with Gasteiger partial charge in [0.05, 0.1) is 22.0 Å². The SMILES string of the molecule is CC[C@H](COC(=O)Nc1ccc(Cl)c(Cl)c1)NC(=O)[C@@H]1[C@@H](C=C(Cl)Cl)C1(C)C. The molecule has 0 bridgehead atoms. The molecular formula is C19H22Cl4N2O3. The molecule has 9 heteroatoms. The Bertz CT molecular complexity index is 778. The first-order valence-corrected chi connectivity index (χ1v) is 10.3. The van der Waals surface area contributed by atoms with Crippen LogP contribution in [0.25, 0.3) is 0 Å². The van der Waals surface area contributed by atoms with Gasteiger partial charge in [-0.2, -0.15) is 0 Å². The van der Waals surface area contributed by atoms with Crippen LogP contribution in [0.4, 0.5) is 10.5 Å². The minimum Gasteiger partial charge on any atom is -0.447 e. The Morgan fingerprint density at radius 3 is 2.50 bits per heavy atom. The molecule has 1 saturated carbocycles. The number of nitrogens with one attached hydrogen (secondary N) is 2. The zero-order valence-corrected chi connectivity index (χ0v) is 18.7. The number of hydrogen-bond donors (Lipinski definition) is 2. The fourth-order valence-electron chi connectivity index (χ4n) is 3.08. The van der Waals surface area contributed by atoms with Crippen LogP contribution >= 0.6 is 46.4 Å². The molecule has 0 aliphatic heterocycles. The quantitative estimate of drug-likeness (QED) is 0.514. The lowest BCUT2D eigenvalue weighted by molar-refractivity contribution is -0.124. The van der Waals surface area contributed by atoms with Crippen molar-refractivity contribution < 1.29 is 14.3 Å². The highest BCUT2D eigenvalue weighted by Crippen LogP contribution is 2.59. The maximum atomic E-state index is 12.6. The average molecular weight is 468 g/mol. The van der Waals surface area contributed by atoms with Gasteiger partial charge in [-0.25, -0.2) is 4.79 Å². The summed E-state index contributed by atoms with van der Waals surface area (Å²) in [5, 5.41) is 6.21. The van der Waals surface area contributed by atoms with E-state index in [-0.39, 0.29) is 40.3 Å². The van der Waals surface area contributed by atoms with Crippen LogP contribution in [0.3, 0.4) is 0 Å². The number of benzene rings is 1. The Balaban J connectivity index is 1.85. The number of hydrogen-bond acceptors (Lipinski definition) is 3. The van der Waals surface area contributed by atoms with Crippen LogP contribution in [0, 0.1) is 17.3 Å². The van der Waals surface area contributed by atoms with Gasteiger partial charge in [0.1, 0.15) is 11.1 Å². The lowest BCUT2D eigenvalue weighted by atomic mass is 10.1. The van der Waals surface area contributed by atoms with Crippen molar-refractivity contribution in [2.75, 3.05) is 11.9 Å². The molecule has 154 valence electrons. The van der Waals surface area contributed by atoms with Gasteiger partial charge < -0.3 is 10.1 Å². The molecule has 3 atom stereocenters. The lowest BCUT2D eigenvalue weighted by Gasteiger charge is -2.18. The number of ether oxygens (including phenoxy) is 1. The van der Waals surface area contributed by atoms with Crippen LogP contribution in [0.1, 0.15) is 27.2 Å². The van der Waals surface area contributed by atoms with E-state index in [0.717, 1.165) is 0 Å². The summed E-state index contributed by atoms with van der Waals surface area (Å²) < 4.78 is 5.37. The van der Waals surface area contributed by atoms with E-state index in [1.807, 2.05) is 20.8 Å². The molecule has 28 heavy (non-hydrogen) atoms. The van der Waals surface area contributed by atoms with E-state index in [4.69, 9.17) is 51.1 Å². The first-order chi connectivity index (χ1) is 13.1. The number of anilines is 1. The fraction of sp³-hybridized carbons (Fsp3) is 0.474. The molecule has 0 aromatic heterocycles. The summed E-state index contributed by atoms with van der Waals surface area (Å²) in [7, 11) is 0. The molecule has 2 amide bonds. The Morgan fingerprint density at radius 1 is 1.25 bits per heavy atom. The summed E-state index contributed by atoms with van der Waals surface area (Å²) >= 11 is 23.2. The number of carbonyl (C=O) groups excluding carboxylic acids is 2. The first kappa shape index (κ1) is 23.1. The predicted molar refractivity (Wildman–Crippen MR) is 114 cm³/mol. The molecule has 0 radical (unpaired) electrons. The van der Waals surface area contributed by atoms with Crippen molar-refractivity contribution in [1.29, 1.82) is 0 Å². The molecule has 2 N–H and O–H groups in total. The minimum atomic E-state index is -0.646. The van der Waals surface area contributed by atoms with E-state index < -0.39 is 6.09 Å². The maximum Gasteiger partial charge on any atom is 0.411 e. The smallest absolute Gasteiger partial charge is 0.411 e. The number of allylic oxidation sites excluding steroid dienone is 1. The van der Waals surface area contributed by atoms with Crippen molar-refractivity contribution in [2.24, 2.45) is 17.3 Å². The molecule has 0 heterocycles. The summed E-state index contributed by atoms with van der Waals surface area (Å²) in [4.78, 5) is 24.6. The number of amides is 2. The van der Waals surface area contributed by atoms with E-state index >= 15 is 0 Å². The van der Waals surface area contributed by atoms with E-state index in [9.17, 15) is 9.59 Å². The van der Waals surface area contributed by atoms with Gasteiger partial charge in [-0.1, -0.05) is 67.2 Å². The van der Waals surface area contributed by atoms with Crippen LogP contribution in [-0.4, -0.2) is 24.6 Å². The molecule has 5 nitrogen and oxygen atoms in total. The van der Waals surface area contributed by atoms with Crippen LogP contribution < -0.4 is 10.6 Å². The van der Waals surface area contributed by atoms with Gasteiger partial charge in [-0.05, 0) is 42.0 Å². The summed E-state index contributed by atoms with van der Waals surface area (Å²) in [6.45, 7) is 5.91. The normalized spacial score (nSPS) is 20.7. The summed E-state index contributed by atoms with van der Waals surface area (Å²) in [6.07, 6.45) is 1.65. The maximum absolute atomic E-state index is 12.6. The molecule has 1 aromatic rings. The van der Waals surface area contributed by atoms with E-state index in [0.29, 0.717) is 22.2 Å². The fourth-order valence-corrected chi connectivity index (χ4v) is 3.65. The monoisotopic (exact) mass is 466 g/mol. The number of carbonyl (C=O) groups is 2. The second-order valence-electron chi connectivity index (χ2n) is 7.25. The molecule has 1 aliphatic rings. The highest BCUT2D eigenvalue weighted by molar-refractivity contribution is 6.55. The summed E-state index contributed by atoms with van der Waals surface area (Å²) in [5.74, 6) is -0.353. The molecular weight excluding hydrogens is 446 g/mol. The van der Waals surface area contributed by atoms with Gasteiger partial charge in [0.2, 0.25) is 5.91 Å². The van der Waals surface area contributed by atoms with Crippen LogP contribution in [-0.2, 0) is 9.53 Å². The molecule has 0 unspecified atom stereocenters. The minimum absolute atomic E-state index is 0.0196. The predicted octanol–water partition coefficient (Wildman–Crippen LogP) is 6.03. The molecule has 2 rings (SSSR count). The zero-order chi connectivity index (χ0) is 21.1. The van der Waals surface area contributed by atoms with E-state index in [1.54, 1.807) is 18.2 Å². The highest BCUT2D eigenvalue weighted by atomic mass is 35.5. The Hall–Kier alpha value is -1.14. The molecule has 0 spiro atoms. The van der Waals surface area contributed by atoms with E-state index in [1.165, 1.54) is 6.07 Å². The Morgan fingerprint density at radius 2 is 1.93 bits per heavy atom. The van der Waals surface area contributed by atoms with Crippen molar-refractivity contribution in [3.63, 3.8) is 0 Å². The van der Waals surface area contributed by atoms with Gasteiger partial charge in [0, 0.05) is 5.69 Å². The number of halogens is 4. The van der Waals surface area contributed by atoms with Crippen molar-refractivity contribution in [1.82, 2.24) is 5.32 Å². The average Bonchev–Trinajstić information content (AvgIpc) is 3.14. The van der Waals surface area contributed by atoms with Crippen LogP contribution in [0.15, 0.2) is 28.8 Å². The van der Waals surface area contributed by atoms with Crippen molar-refractivity contribution in [3.05, 3.63) is 38.8 Å². The third-order valence-electron chi connectivity index (χ3n) is 4.92. The van der Waals surface area contributed by atoms with Gasteiger partial charge >= 0.3 is 6.09 Å². The highest BCUT2D eigenvalue weighted by Gasteiger charge is 2.60. The van der Waals surface area contributed by atoms with Crippen LogP contribution in [0.2, 0.25) is 10.0 Å². The van der Waals surface area contributed by atoms with Crippen LogP contribution in [0.5, 0.6) is 0 Å². The molecule has 1 aliphatic carbocycles. The Labute approximate surface area is 184 Å². The Kier molecular flexibility index (Phi) is 7.91. The van der Waals surface area contributed by atoms with Gasteiger partial charge in [-0.15, -0.1) is 0 Å². The molecule has 1 fully saturated rings. The zero-order valence-electron chi connectivity index (χ0n) is 15.7. The second kappa shape index (κ2) is 9.57. The molecule has 1 aromatic carbocycles. The number of rotatable bonds is 7. The largest absolute Gasteiger partial charge is 0.447 e. The van der Waals surface area contributed by atoms with Gasteiger partial charge in [0.25, 0.3) is 0 Å². The lowest BCUT2D eigenvalue weighted by Crippen LogP contribution is -2.40. The standard InChI is InChI=1S/C19H22Cl4N2O3/c1-4-10(24-17(26)16-12(8-15(22)23)19(16,2)3)9-28-18(27)25-11-5-6-13(20)14(21)7-11/h5-8,10,12,16H,4,9H2,1-3H3,(H,24,26)(H,25,27)/t10-,12-,16+/m1/s1. The third-order valence-corrected chi connectivity index (χ3v) is 5.91.